The molecule has 0 aliphatic rings. The Labute approximate surface area is 113 Å². The number of carbonyl (C=O) groups is 1. The molecule has 2 heteroatoms. The van der Waals surface area contributed by atoms with E-state index in [-0.39, 0.29) is 5.78 Å². The summed E-state index contributed by atoms with van der Waals surface area (Å²) in [5, 5.41) is 0. The lowest BCUT2D eigenvalue weighted by molar-refractivity contribution is 0.0962. The molecule has 0 saturated carbocycles. The zero-order valence-electron chi connectivity index (χ0n) is 10.8. The molecule has 19 heavy (non-hydrogen) atoms. The van der Waals surface area contributed by atoms with Crippen molar-refractivity contribution >= 4 is 5.78 Å². The molecule has 0 bridgehead atoms. The number of rotatable bonds is 5. The van der Waals surface area contributed by atoms with Crippen molar-refractivity contribution in [2.24, 2.45) is 5.73 Å². The molecule has 1 atom stereocenters. The average Bonchev–Trinajstić information content (AvgIpc) is 2.48. The van der Waals surface area contributed by atoms with Crippen LogP contribution >= 0.6 is 0 Å². The first-order chi connectivity index (χ1) is 9.22. The molecule has 0 radical (unpaired) electrons. The zero-order valence-corrected chi connectivity index (χ0v) is 10.8. The number of nitrogens with two attached hydrogens (primary N) is 1. The summed E-state index contributed by atoms with van der Waals surface area (Å²) in [4.78, 5) is 12.0. The first-order valence-corrected chi connectivity index (χ1v) is 6.28. The van der Waals surface area contributed by atoms with Gasteiger partial charge in [-0.1, -0.05) is 60.7 Å². The molecule has 2 rings (SSSR count). The van der Waals surface area contributed by atoms with Crippen LogP contribution in [0.2, 0.25) is 0 Å². The number of hydrogen-bond acceptors (Lipinski definition) is 2. The van der Waals surface area contributed by atoms with Gasteiger partial charge in [0.05, 0.1) is 6.04 Å². The lowest BCUT2D eigenvalue weighted by Gasteiger charge is -2.08. The van der Waals surface area contributed by atoms with Crippen molar-refractivity contribution in [1.82, 2.24) is 0 Å². The number of carbonyl (C=O) groups excluding carboxylic acids is 1. The fraction of sp³-hybridized carbons (Fsp3) is 0.118. The Kier molecular flexibility index (Phi) is 4.26. The van der Waals surface area contributed by atoms with E-state index in [0.717, 1.165) is 11.1 Å². The van der Waals surface area contributed by atoms with Crippen LogP contribution in [0.4, 0.5) is 0 Å². The Hall–Kier alpha value is -2.19. The molecule has 0 aliphatic heterocycles. The van der Waals surface area contributed by atoms with Crippen molar-refractivity contribution in [3.8, 4) is 11.1 Å². The summed E-state index contributed by atoms with van der Waals surface area (Å²) >= 11 is 0. The van der Waals surface area contributed by atoms with Crippen molar-refractivity contribution in [2.75, 3.05) is 0 Å². The van der Waals surface area contributed by atoms with Crippen LogP contribution in [-0.2, 0) is 0 Å². The van der Waals surface area contributed by atoms with Crippen LogP contribution in [-0.4, -0.2) is 11.8 Å². The third-order valence-corrected chi connectivity index (χ3v) is 3.03. The van der Waals surface area contributed by atoms with Crippen LogP contribution in [0.1, 0.15) is 16.8 Å². The van der Waals surface area contributed by atoms with E-state index in [4.69, 9.17) is 5.73 Å². The number of hydrogen-bond donors (Lipinski definition) is 1. The minimum absolute atomic E-state index is 0.0421. The van der Waals surface area contributed by atoms with Gasteiger partial charge in [-0.2, -0.15) is 0 Å². The van der Waals surface area contributed by atoms with Gasteiger partial charge in [-0.15, -0.1) is 6.58 Å². The lowest BCUT2D eigenvalue weighted by Crippen LogP contribution is -2.29. The van der Waals surface area contributed by atoms with Gasteiger partial charge in [-0.25, -0.2) is 0 Å². The molecule has 0 aliphatic carbocycles. The molecule has 0 heterocycles. The molecular weight excluding hydrogens is 234 g/mol. The quantitative estimate of drug-likeness (QED) is 0.653. The maximum absolute atomic E-state index is 12.0. The normalized spacial score (nSPS) is 11.8. The van der Waals surface area contributed by atoms with Gasteiger partial charge in [0.25, 0.3) is 0 Å². The van der Waals surface area contributed by atoms with Crippen LogP contribution in [0.25, 0.3) is 11.1 Å². The molecule has 0 saturated heterocycles. The lowest BCUT2D eigenvalue weighted by atomic mass is 9.99. The number of Topliss-reactive ketones (excluding diaryl/α,β-unsaturated/α-hetero) is 1. The molecule has 0 amide bonds. The highest BCUT2D eigenvalue weighted by Gasteiger charge is 2.13. The first-order valence-electron chi connectivity index (χ1n) is 6.28. The Bertz CT molecular complexity index is 558. The molecule has 2 aromatic rings. The number of benzene rings is 2. The van der Waals surface area contributed by atoms with E-state index in [2.05, 4.69) is 6.58 Å². The van der Waals surface area contributed by atoms with Crippen molar-refractivity contribution < 1.29 is 4.79 Å². The van der Waals surface area contributed by atoms with Gasteiger partial charge in [0.1, 0.15) is 0 Å². The summed E-state index contributed by atoms with van der Waals surface area (Å²) in [6, 6.07) is 17.1. The van der Waals surface area contributed by atoms with Gasteiger partial charge in [0.15, 0.2) is 5.78 Å². The Balaban J connectivity index is 2.19. The SMILES string of the molecule is C=CCC(N)C(=O)c1ccc(-c2ccccc2)cc1. The summed E-state index contributed by atoms with van der Waals surface area (Å²) in [6.07, 6.45) is 2.17. The van der Waals surface area contributed by atoms with Crippen molar-refractivity contribution in [3.05, 3.63) is 72.8 Å². The molecular formula is C17H17NO. The summed E-state index contributed by atoms with van der Waals surface area (Å²) < 4.78 is 0. The maximum Gasteiger partial charge on any atom is 0.179 e. The van der Waals surface area contributed by atoms with Gasteiger partial charge in [-0.3, -0.25) is 4.79 Å². The minimum atomic E-state index is -0.500. The van der Waals surface area contributed by atoms with Gasteiger partial charge >= 0.3 is 0 Å². The van der Waals surface area contributed by atoms with E-state index in [1.165, 1.54) is 0 Å². The van der Waals surface area contributed by atoms with E-state index in [1.807, 2.05) is 54.6 Å². The molecule has 2 N–H and O–H groups in total. The third-order valence-electron chi connectivity index (χ3n) is 3.03. The second-order valence-electron chi connectivity index (χ2n) is 4.44. The van der Waals surface area contributed by atoms with Crippen LogP contribution in [0.3, 0.4) is 0 Å². The summed E-state index contributed by atoms with van der Waals surface area (Å²) in [6.45, 7) is 3.60. The monoisotopic (exact) mass is 251 g/mol. The molecule has 1 unspecified atom stereocenters. The topological polar surface area (TPSA) is 43.1 Å². The van der Waals surface area contributed by atoms with Crippen molar-refractivity contribution in [3.63, 3.8) is 0 Å². The fourth-order valence-corrected chi connectivity index (χ4v) is 1.96. The van der Waals surface area contributed by atoms with E-state index in [9.17, 15) is 4.79 Å². The van der Waals surface area contributed by atoms with E-state index >= 15 is 0 Å². The van der Waals surface area contributed by atoms with Crippen LogP contribution in [0.15, 0.2) is 67.3 Å². The largest absolute Gasteiger partial charge is 0.321 e. The van der Waals surface area contributed by atoms with Crippen LogP contribution in [0.5, 0.6) is 0 Å². The summed E-state index contributed by atoms with van der Waals surface area (Å²) in [5.41, 5.74) is 8.66. The summed E-state index contributed by atoms with van der Waals surface area (Å²) in [7, 11) is 0. The zero-order chi connectivity index (χ0) is 13.7. The Morgan fingerprint density at radius 2 is 1.63 bits per heavy atom. The van der Waals surface area contributed by atoms with Gasteiger partial charge in [-0.05, 0) is 17.5 Å². The molecule has 0 fully saturated rings. The van der Waals surface area contributed by atoms with Crippen LogP contribution < -0.4 is 5.73 Å². The van der Waals surface area contributed by atoms with Crippen molar-refractivity contribution in [1.29, 1.82) is 0 Å². The van der Waals surface area contributed by atoms with Crippen LogP contribution in [0, 0.1) is 0 Å². The second-order valence-corrected chi connectivity index (χ2v) is 4.44. The van der Waals surface area contributed by atoms with Gasteiger partial charge in [0, 0.05) is 5.56 Å². The number of ketones is 1. The highest BCUT2D eigenvalue weighted by Crippen LogP contribution is 2.19. The predicted molar refractivity (Wildman–Crippen MR) is 79.0 cm³/mol. The summed E-state index contributed by atoms with van der Waals surface area (Å²) in [5.74, 6) is -0.0421. The van der Waals surface area contributed by atoms with Gasteiger partial charge in [0.2, 0.25) is 0 Å². The minimum Gasteiger partial charge on any atom is -0.321 e. The average molecular weight is 251 g/mol. The van der Waals surface area contributed by atoms with E-state index in [0.29, 0.717) is 12.0 Å². The van der Waals surface area contributed by atoms with Gasteiger partial charge < -0.3 is 5.73 Å². The second kappa shape index (κ2) is 6.12. The van der Waals surface area contributed by atoms with Crippen molar-refractivity contribution in [2.45, 2.75) is 12.5 Å². The fourth-order valence-electron chi connectivity index (χ4n) is 1.96. The predicted octanol–water partition coefficient (Wildman–Crippen LogP) is 3.44. The first kappa shape index (κ1) is 13.2. The third kappa shape index (κ3) is 3.18. The highest BCUT2D eigenvalue weighted by molar-refractivity contribution is 6.00. The van der Waals surface area contributed by atoms with E-state index in [1.54, 1.807) is 6.08 Å². The molecule has 2 nitrogen and oxygen atoms in total. The van der Waals surface area contributed by atoms with E-state index < -0.39 is 6.04 Å². The molecule has 0 aromatic heterocycles. The molecule has 0 spiro atoms. The smallest absolute Gasteiger partial charge is 0.179 e. The standard InChI is InChI=1S/C17H17NO/c1-2-6-16(18)17(19)15-11-9-14(10-12-15)13-7-4-3-5-8-13/h2-5,7-12,16H,1,6,18H2. The Morgan fingerprint density at radius 3 is 2.21 bits per heavy atom. The molecule has 2 aromatic carbocycles. The maximum atomic E-state index is 12.0. The highest BCUT2D eigenvalue weighted by atomic mass is 16.1. The Morgan fingerprint density at radius 1 is 1.05 bits per heavy atom. The molecule has 96 valence electrons.